The molecule has 1 aliphatic carbocycles. The molecule has 0 amide bonds. The molecule has 0 radical (unpaired) electrons. The molecule has 192 valence electrons. The average molecular weight is 499 g/mol. The summed E-state index contributed by atoms with van der Waals surface area (Å²) in [5.74, 6) is 0.0929. The molecule has 0 bridgehead atoms. The number of hydrogen-bond acceptors (Lipinski definition) is 5. The minimum Gasteiger partial charge on any atom is -0.463 e. The summed E-state index contributed by atoms with van der Waals surface area (Å²) in [5.41, 5.74) is 0.930. The van der Waals surface area contributed by atoms with Gasteiger partial charge in [-0.25, -0.2) is 0 Å². The molecule has 0 aromatic rings. The summed E-state index contributed by atoms with van der Waals surface area (Å²) in [6.07, 6.45) is 7.55. The molecule has 0 heterocycles. The molecule has 0 N–H and O–H groups in total. The van der Waals surface area contributed by atoms with Crippen LogP contribution >= 0.6 is 0 Å². The molecule has 1 rings (SSSR count). The summed E-state index contributed by atoms with van der Waals surface area (Å²) in [5, 5.41) is 0.306. The summed E-state index contributed by atoms with van der Waals surface area (Å²) >= 11 is 0. The molecule has 0 saturated carbocycles. The van der Waals surface area contributed by atoms with Gasteiger partial charge in [0.05, 0.1) is 12.7 Å². The van der Waals surface area contributed by atoms with Crippen LogP contribution in [0.3, 0.4) is 0 Å². The van der Waals surface area contributed by atoms with Crippen molar-refractivity contribution < 1.29 is 23.2 Å². The largest absolute Gasteiger partial charge is 0.463 e. The van der Waals surface area contributed by atoms with E-state index in [4.69, 9.17) is 13.6 Å². The highest BCUT2D eigenvalue weighted by molar-refractivity contribution is 6.74. The molecule has 0 unspecified atom stereocenters. The summed E-state index contributed by atoms with van der Waals surface area (Å²) in [7, 11) is -3.65. The second-order valence-electron chi connectivity index (χ2n) is 12.5. The van der Waals surface area contributed by atoms with E-state index in [2.05, 4.69) is 73.8 Å². The fraction of sp³-hybridized carbons (Fsp3) is 0.846. The summed E-state index contributed by atoms with van der Waals surface area (Å²) in [4.78, 5) is 24.3. The third-order valence-electron chi connectivity index (χ3n) is 7.58. The van der Waals surface area contributed by atoms with E-state index in [0.717, 1.165) is 37.7 Å². The van der Waals surface area contributed by atoms with Gasteiger partial charge in [-0.15, -0.1) is 0 Å². The van der Waals surface area contributed by atoms with Crippen LogP contribution in [0.15, 0.2) is 11.6 Å². The van der Waals surface area contributed by atoms with E-state index in [1.54, 1.807) is 0 Å². The number of unbranched alkanes of at least 4 members (excludes halogenated alkanes) is 3. The Morgan fingerprint density at radius 1 is 0.909 bits per heavy atom. The van der Waals surface area contributed by atoms with Crippen LogP contribution in [-0.4, -0.2) is 47.7 Å². The second kappa shape index (κ2) is 12.3. The Morgan fingerprint density at radius 2 is 1.48 bits per heavy atom. The van der Waals surface area contributed by atoms with Gasteiger partial charge in [0.1, 0.15) is 6.61 Å². The number of Topliss-reactive ketones (excluding diaryl/α,β-unsaturated/α-hetero) is 1. The first-order chi connectivity index (χ1) is 15.0. The summed E-state index contributed by atoms with van der Waals surface area (Å²) in [6.45, 7) is 22.9. The van der Waals surface area contributed by atoms with Gasteiger partial charge in [0.15, 0.2) is 22.4 Å². The number of esters is 1. The van der Waals surface area contributed by atoms with Crippen molar-refractivity contribution in [2.75, 3.05) is 13.2 Å². The molecule has 1 aliphatic rings. The van der Waals surface area contributed by atoms with E-state index in [9.17, 15) is 9.59 Å². The monoisotopic (exact) mass is 498 g/mol. The van der Waals surface area contributed by atoms with Gasteiger partial charge in [0, 0.05) is 12.8 Å². The number of ether oxygens (including phenoxy) is 1. The minimum atomic E-state index is -1.87. The van der Waals surface area contributed by atoms with Crippen LogP contribution < -0.4 is 0 Å². The van der Waals surface area contributed by atoms with Crippen LogP contribution in [0.4, 0.5) is 0 Å². The molecule has 5 nitrogen and oxygen atoms in total. The fourth-order valence-electron chi connectivity index (χ4n) is 3.22. The van der Waals surface area contributed by atoms with Gasteiger partial charge in [-0.2, -0.15) is 0 Å². The third-order valence-corrected chi connectivity index (χ3v) is 16.6. The van der Waals surface area contributed by atoms with Crippen molar-refractivity contribution >= 4 is 28.4 Å². The fourth-order valence-corrected chi connectivity index (χ4v) is 5.51. The van der Waals surface area contributed by atoms with Crippen LogP contribution in [0.25, 0.3) is 0 Å². The zero-order chi connectivity index (χ0) is 25.5. The Labute approximate surface area is 205 Å². The predicted molar refractivity (Wildman–Crippen MR) is 142 cm³/mol. The number of carbonyl (C=O) groups is 2. The Kier molecular flexibility index (Phi) is 11.3. The van der Waals surface area contributed by atoms with E-state index in [1.165, 1.54) is 0 Å². The van der Waals surface area contributed by atoms with Crippen molar-refractivity contribution in [2.24, 2.45) is 0 Å². The Bertz CT molecular complexity index is 684. The standard InChI is InChI=1S/C26H50O5Si2/c1-25(2,3)32(7,8)30-18-17-29-24(28)16-14-12-11-13-15-21-19-22(20-23(21)27)31-33(9,10)26(4,5)6/h19,22H,11-18,20H2,1-10H3/t22-/m0/s1. The maximum atomic E-state index is 12.4. The average Bonchev–Trinajstić information content (AvgIpc) is 2.98. The lowest BCUT2D eigenvalue weighted by Gasteiger charge is -2.37. The van der Waals surface area contributed by atoms with Crippen molar-refractivity contribution in [2.45, 2.75) is 129 Å². The maximum absolute atomic E-state index is 12.4. The summed E-state index contributed by atoms with van der Waals surface area (Å²) in [6, 6.07) is 0. The normalized spacial score (nSPS) is 17.9. The van der Waals surface area contributed by atoms with Crippen molar-refractivity contribution in [1.82, 2.24) is 0 Å². The molecule has 33 heavy (non-hydrogen) atoms. The first-order valence-electron chi connectivity index (χ1n) is 12.7. The highest BCUT2D eigenvalue weighted by Gasteiger charge is 2.40. The molecule has 7 heteroatoms. The van der Waals surface area contributed by atoms with Crippen LogP contribution in [-0.2, 0) is 23.2 Å². The number of hydrogen-bond donors (Lipinski definition) is 0. The number of rotatable bonds is 13. The van der Waals surface area contributed by atoms with Crippen LogP contribution in [0.5, 0.6) is 0 Å². The lowest BCUT2D eigenvalue weighted by atomic mass is 10.0. The number of allylic oxidation sites excluding steroid dienone is 1. The van der Waals surface area contributed by atoms with Gasteiger partial charge in [-0.1, -0.05) is 54.4 Å². The number of ketones is 1. The van der Waals surface area contributed by atoms with Gasteiger partial charge in [-0.3, -0.25) is 9.59 Å². The van der Waals surface area contributed by atoms with Crippen molar-refractivity contribution in [3.05, 3.63) is 11.6 Å². The third kappa shape index (κ3) is 10.2. The van der Waals surface area contributed by atoms with E-state index in [-0.39, 0.29) is 27.9 Å². The quantitative estimate of drug-likeness (QED) is 0.153. The molecule has 0 aliphatic heterocycles. The first-order valence-corrected chi connectivity index (χ1v) is 18.5. The Balaban J connectivity index is 2.20. The molecule has 0 aromatic heterocycles. The van der Waals surface area contributed by atoms with E-state index in [1.807, 2.05) is 0 Å². The molecule has 0 fully saturated rings. The molecule has 0 spiro atoms. The lowest BCUT2D eigenvalue weighted by molar-refractivity contribution is -0.144. The number of carbonyl (C=O) groups excluding carboxylic acids is 2. The molecule has 0 saturated heterocycles. The minimum absolute atomic E-state index is 0.0521. The van der Waals surface area contributed by atoms with E-state index in [0.29, 0.717) is 26.1 Å². The van der Waals surface area contributed by atoms with Gasteiger partial charge in [0.2, 0.25) is 0 Å². The van der Waals surface area contributed by atoms with Crippen LogP contribution in [0.2, 0.25) is 36.3 Å². The second-order valence-corrected chi connectivity index (χ2v) is 22.0. The molecular formula is C26H50O5Si2. The van der Waals surface area contributed by atoms with Gasteiger partial charge in [0.25, 0.3) is 0 Å². The van der Waals surface area contributed by atoms with E-state index >= 15 is 0 Å². The van der Waals surface area contributed by atoms with Crippen LogP contribution in [0, 0.1) is 0 Å². The van der Waals surface area contributed by atoms with Crippen LogP contribution in [0.1, 0.15) is 86.5 Å². The molecular weight excluding hydrogens is 448 g/mol. The van der Waals surface area contributed by atoms with Crippen molar-refractivity contribution in [3.8, 4) is 0 Å². The zero-order valence-electron chi connectivity index (χ0n) is 23.1. The molecule has 1 atom stereocenters. The van der Waals surface area contributed by atoms with Gasteiger partial charge in [-0.05, 0) is 67.2 Å². The Morgan fingerprint density at radius 3 is 2.06 bits per heavy atom. The van der Waals surface area contributed by atoms with Gasteiger partial charge < -0.3 is 13.6 Å². The van der Waals surface area contributed by atoms with Crippen molar-refractivity contribution in [1.29, 1.82) is 0 Å². The maximum Gasteiger partial charge on any atom is 0.305 e. The van der Waals surface area contributed by atoms with Crippen molar-refractivity contribution in [3.63, 3.8) is 0 Å². The zero-order valence-corrected chi connectivity index (χ0v) is 25.1. The lowest BCUT2D eigenvalue weighted by Crippen LogP contribution is -2.43. The predicted octanol–water partition coefficient (Wildman–Crippen LogP) is 7.18. The molecule has 0 aromatic carbocycles. The topological polar surface area (TPSA) is 61.8 Å². The first kappa shape index (κ1) is 30.3. The van der Waals surface area contributed by atoms with Gasteiger partial charge >= 0.3 is 5.97 Å². The summed E-state index contributed by atoms with van der Waals surface area (Å²) < 4.78 is 17.7. The van der Waals surface area contributed by atoms with E-state index < -0.39 is 16.6 Å². The smallest absolute Gasteiger partial charge is 0.305 e. The highest BCUT2D eigenvalue weighted by atomic mass is 28.4. The Hall–Kier alpha value is -0.766. The SMILES string of the molecule is CC(C)(C)[Si](C)(C)OCCOC(=O)CCCCCCC1=C[C@H](O[Si](C)(C)C(C)(C)C)CC1=O. The highest BCUT2D eigenvalue weighted by Crippen LogP contribution is 2.39.